The fraction of sp³-hybridized carbons (Fsp3) is 0.846. The van der Waals surface area contributed by atoms with Gasteiger partial charge in [0.1, 0.15) is 6.61 Å². The van der Waals surface area contributed by atoms with Crippen molar-refractivity contribution in [2.24, 2.45) is 5.92 Å². The monoisotopic (exact) mass is 284 g/mol. The van der Waals surface area contributed by atoms with Crippen molar-refractivity contribution >= 4 is 12.2 Å². The largest absolute Gasteiger partial charge is 0.388 e. The van der Waals surface area contributed by atoms with Crippen LogP contribution in [0.3, 0.4) is 0 Å². The highest BCUT2D eigenvalue weighted by molar-refractivity contribution is 7.71. The second-order valence-electron chi connectivity index (χ2n) is 5.86. The summed E-state index contributed by atoms with van der Waals surface area (Å²) < 4.78 is 4.59. The molecule has 1 aromatic heterocycles. The molecule has 6 heteroatoms. The molecule has 108 valence electrons. The van der Waals surface area contributed by atoms with Gasteiger partial charge in [0.05, 0.1) is 6.67 Å². The van der Waals surface area contributed by atoms with Crippen LogP contribution < -0.4 is 0 Å². The van der Waals surface area contributed by atoms with E-state index in [1.807, 2.05) is 9.25 Å². The lowest BCUT2D eigenvalue weighted by molar-refractivity contribution is 0.234. The Morgan fingerprint density at radius 3 is 2.68 bits per heavy atom. The summed E-state index contributed by atoms with van der Waals surface area (Å²) in [6.07, 6.45) is 3.46. The van der Waals surface area contributed by atoms with E-state index in [9.17, 15) is 5.11 Å². The first-order chi connectivity index (χ1) is 9.02. The molecule has 2 rings (SSSR count). The summed E-state index contributed by atoms with van der Waals surface area (Å²) in [6, 6.07) is 0.462. The van der Waals surface area contributed by atoms with Crippen molar-refractivity contribution in [1.29, 1.82) is 0 Å². The van der Waals surface area contributed by atoms with Crippen LogP contribution >= 0.6 is 12.2 Å². The molecule has 0 radical (unpaired) electrons. The van der Waals surface area contributed by atoms with Gasteiger partial charge in [0.15, 0.2) is 10.6 Å². The molecular formula is C13H24N4OS. The van der Waals surface area contributed by atoms with Gasteiger partial charge in [-0.05, 0) is 51.0 Å². The quantitative estimate of drug-likeness (QED) is 0.780. The Kier molecular flexibility index (Phi) is 4.76. The van der Waals surface area contributed by atoms with Gasteiger partial charge in [-0.15, -0.1) is 0 Å². The Morgan fingerprint density at radius 1 is 1.47 bits per heavy atom. The topological polar surface area (TPSA) is 46.2 Å². The Labute approximate surface area is 119 Å². The number of aromatic nitrogens is 3. The molecule has 0 amide bonds. The van der Waals surface area contributed by atoms with E-state index in [0.29, 0.717) is 24.5 Å². The first-order valence-electron chi connectivity index (χ1n) is 7.00. The van der Waals surface area contributed by atoms with Crippen LogP contribution in [0.5, 0.6) is 0 Å². The normalized spacial score (nSPS) is 15.7. The summed E-state index contributed by atoms with van der Waals surface area (Å²) in [5, 5.41) is 13.8. The maximum Gasteiger partial charge on any atom is 0.199 e. The summed E-state index contributed by atoms with van der Waals surface area (Å²) >= 11 is 5.48. The van der Waals surface area contributed by atoms with Gasteiger partial charge in [-0.3, -0.25) is 9.47 Å². The molecule has 1 fully saturated rings. The molecule has 0 aromatic carbocycles. The summed E-state index contributed by atoms with van der Waals surface area (Å²) in [6.45, 7) is 6.14. The predicted molar refractivity (Wildman–Crippen MR) is 77.3 cm³/mol. The van der Waals surface area contributed by atoms with Crippen LogP contribution in [-0.2, 0) is 13.3 Å². The Morgan fingerprint density at radius 2 is 2.16 bits per heavy atom. The van der Waals surface area contributed by atoms with Gasteiger partial charge >= 0.3 is 0 Å². The predicted octanol–water partition coefficient (Wildman–Crippen LogP) is 2.18. The number of hydrogen-bond donors (Lipinski definition) is 1. The van der Waals surface area contributed by atoms with Crippen molar-refractivity contribution in [1.82, 2.24) is 19.2 Å². The Hall–Kier alpha value is -0.720. The van der Waals surface area contributed by atoms with Gasteiger partial charge in [-0.2, -0.15) is 5.10 Å². The summed E-state index contributed by atoms with van der Waals surface area (Å²) in [4.78, 5) is 2.22. The molecule has 0 spiro atoms. The van der Waals surface area contributed by atoms with E-state index in [0.717, 1.165) is 24.2 Å². The lowest BCUT2D eigenvalue weighted by Crippen LogP contribution is -2.25. The number of aliphatic hydroxyl groups excluding tert-OH is 1. The minimum Gasteiger partial charge on any atom is -0.388 e. The van der Waals surface area contributed by atoms with Gasteiger partial charge in [0.25, 0.3) is 0 Å². The zero-order valence-corrected chi connectivity index (χ0v) is 12.9. The van der Waals surface area contributed by atoms with Crippen molar-refractivity contribution in [2.45, 2.75) is 52.4 Å². The SMILES string of the molecule is CC(C)CCN(C)Cn1nc(CO)n(C2CC2)c1=S. The third-order valence-electron chi connectivity index (χ3n) is 3.46. The smallest absolute Gasteiger partial charge is 0.199 e. The summed E-state index contributed by atoms with van der Waals surface area (Å²) in [5.41, 5.74) is 0. The van der Waals surface area contributed by atoms with E-state index in [2.05, 4.69) is 30.9 Å². The fourth-order valence-electron chi connectivity index (χ4n) is 2.14. The number of hydrogen-bond acceptors (Lipinski definition) is 4. The van der Waals surface area contributed by atoms with Crippen molar-refractivity contribution in [3.8, 4) is 0 Å². The van der Waals surface area contributed by atoms with Crippen molar-refractivity contribution in [3.63, 3.8) is 0 Å². The maximum atomic E-state index is 9.39. The molecule has 1 aromatic rings. The van der Waals surface area contributed by atoms with Crippen LogP contribution in [0.4, 0.5) is 0 Å². The molecule has 19 heavy (non-hydrogen) atoms. The molecule has 0 bridgehead atoms. The summed E-state index contributed by atoms with van der Waals surface area (Å²) in [5.74, 6) is 1.40. The maximum absolute atomic E-state index is 9.39. The molecule has 0 saturated heterocycles. The van der Waals surface area contributed by atoms with Crippen molar-refractivity contribution in [3.05, 3.63) is 10.6 Å². The molecule has 5 nitrogen and oxygen atoms in total. The van der Waals surface area contributed by atoms with E-state index >= 15 is 0 Å². The highest BCUT2D eigenvalue weighted by Crippen LogP contribution is 2.36. The van der Waals surface area contributed by atoms with Gasteiger partial charge in [0.2, 0.25) is 0 Å². The third-order valence-corrected chi connectivity index (χ3v) is 3.87. The zero-order valence-electron chi connectivity index (χ0n) is 12.0. The first-order valence-corrected chi connectivity index (χ1v) is 7.41. The van der Waals surface area contributed by atoms with Crippen molar-refractivity contribution in [2.75, 3.05) is 13.6 Å². The van der Waals surface area contributed by atoms with Crippen LogP contribution in [0.2, 0.25) is 0 Å². The summed E-state index contributed by atoms with van der Waals surface area (Å²) in [7, 11) is 2.08. The van der Waals surface area contributed by atoms with Crippen LogP contribution in [0.15, 0.2) is 0 Å². The number of aliphatic hydroxyl groups is 1. The highest BCUT2D eigenvalue weighted by atomic mass is 32.1. The van der Waals surface area contributed by atoms with Crippen LogP contribution in [0.25, 0.3) is 0 Å². The van der Waals surface area contributed by atoms with Crippen LogP contribution in [0.1, 0.15) is 45.0 Å². The van der Waals surface area contributed by atoms with E-state index in [1.54, 1.807) is 0 Å². The fourth-order valence-corrected chi connectivity index (χ4v) is 2.50. The first kappa shape index (κ1) is 14.7. The Bertz CT molecular complexity index is 475. The lowest BCUT2D eigenvalue weighted by atomic mass is 10.1. The second-order valence-corrected chi connectivity index (χ2v) is 6.23. The van der Waals surface area contributed by atoms with Gasteiger partial charge in [-0.1, -0.05) is 13.8 Å². The molecule has 0 atom stereocenters. The third kappa shape index (κ3) is 3.64. The van der Waals surface area contributed by atoms with Crippen LogP contribution in [-0.4, -0.2) is 37.9 Å². The zero-order chi connectivity index (χ0) is 14.0. The van der Waals surface area contributed by atoms with E-state index in [-0.39, 0.29) is 6.61 Å². The molecule has 1 heterocycles. The van der Waals surface area contributed by atoms with Gasteiger partial charge < -0.3 is 5.11 Å². The minimum atomic E-state index is -0.0388. The number of rotatable bonds is 7. The van der Waals surface area contributed by atoms with E-state index in [4.69, 9.17) is 12.2 Å². The highest BCUT2D eigenvalue weighted by Gasteiger charge is 2.28. The Balaban J connectivity index is 2.06. The molecular weight excluding hydrogens is 260 g/mol. The average Bonchev–Trinajstić information content (AvgIpc) is 3.14. The average molecular weight is 284 g/mol. The standard InChI is InChI=1S/C13H24N4OS/c1-10(2)6-7-15(3)9-16-13(19)17(11-4-5-11)12(8-18)14-16/h10-11,18H,4-9H2,1-3H3. The lowest BCUT2D eigenvalue weighted by Gasteiger charge is -2.17. The van der Waals surface area contributed by atoms with Gasteiger partial charge in [-0.25, -0.2) is 4.68 Å². The van der Waals surface area contributed by atoms with E-state index < -0.39 is 0 Å². The molecule has 0 aliphatic heterocycles. The molecule has 1 aliphatic rings. The van der Waals surface area contributed by atoms with Crippen LogP contribution in [0, 0.1) is 10.7 Å². The molecule has 1 N–H and O–H groups in total. The molecule has 0 unspecified atom stereocenters. The van der Waals surface area contributed by atoms with Crippen molar-refractivity contribution < 1.29 is 5.11 Å². The molecule has 1 saturated carbocycles. The second kappa shape index (κ2) is 6.15. The molecule has 1 aliphatic carbocycles. The minimum absolute atomic E-state index is 0.0388. The number of nitrogens with zero attached hydrogens (tertiary/aromatic N) is 4. The van der Waals surface area contributed by atoms with Gasteiger partial charge in [0, 0.05) is 6.04 Å². The van der Waals surface area contributed by atoms with E-state index in [1.165, 1.54) is 6.42 Å².